The van der Waals surface area contributed by atoms with Crippen LogP contribution in [0.3, 0.4) is 0 Å². The van der Waals surface area contributed by atoms with Gasteiger partial charge in [0.2, 0.25) is 5.91 Å². The topological polar surface area (TPSA) is 58.6 Å². The summed E-state index contributed by atoms with van der Waals surface area (Å²) in [5.74, 6) is -0.0324. The Labute approximate surface area is 130 Å². The Balaban J connectivity index is 1.70. The zero-order valence-electron chi connectivity index (χ0n) is 13.1. The lowest BCUT2D eigenvalue weighted by molar-refractivity contribution is -0.116. The van der Waals surface area contributed by atoms with Crippen molar-refractivity contribution in [3.8, 4) is 0 Å². The lowest BCUT2D eigenvalue weighted by atomic mass is 10.1. The Hall–Kier alpha value is -1.88. The van der Waals surface area contributed by atoms with Gasteiger partial charge < -0.3 is 15.0 Å². The Morgan fingerprint density at radius 3 is 2.91 bits per heavy atom. The number of nitrogens with one attached hydrogen (secondary N) is 1. The average Bonchev–Trinajstić information content (AvgIpc) is 3.15. The molecule has 5 heteroatoms. The molecule has 118 valence electrons. The lowest BCUT2D eigenvalue weighted by Gasteiger charge is -2.20. The Kier molecular flexibility index (Phi) is 4.16. The van der Waals surface area contributed by atoms with Gasteiger partial charge in [0.15, 0.2) is 0 Å². The molecule has 1 saturated heterocycles. The molecular formula is C17H22N2O3. The second-order valence-corrected chi connectivity index (χ2v) is 6.08. The molecule has 0 saturated carbocycles. The van der Waals surface area contributed by atoms with E-state index in [0.717, 1.165) is 37.1 Å². The van der Waals surface area contributed by atoms with E-state index in [4.69, 9.17) is 4.74 Å². The standard InChI is InChI=1S/C17H22N2O3/c1-11(16-4-3-9-22-16)18-17(21)14-5-6-15-13(10-14)7-8-19(15)12(2)20/h5-6,10-11,16H,3-4,7-9H2,1-2H3,(H,18,21)/t11-,16+/m0/s1. The van der Waals surface area contributed by atoms with Crippen molar-refractivity contribution >= 4 is 17.5 Å². The number of nitrogens with zero attached hydrogens (tertiary/aromatic N) is 1. The number of carbonyl (C=O) groups excluding carboxylic acids is 2. The molecule has 1 N–H and O–H groups in total. The summed E-state index contributed by atoms with van der Waals surface area (Å²) < 4.78 is 5.61. The first-order chi connectivity index (χ1) is 10.6. The van der Waals surface area contributed by atoms with Gasteiger partial charge in [-0.15, -0.1) is 0 Å². The molecule has 5 nitrogen and oxygen atoms in total. The van der Waals surface area contributed by atoms with Gasteiger partial charge in [-0.25, -0.2) is 0 Å². The molecule has 0 aromatic heterocycles. The molecule has 0 unspecified atom stereocenters. The first kappa shape index (κ1) is 15.0. The molecular weight excluding hydrogens is 280 g/mol. The van der Waals surface area contributed by atoms with Crippen LogP contribution in [0.5, 0.6) is 0 Å². The minimum atomic E-state index is -0.0768. The van der Waals surface area contributed by atoms with E-state index in [-0.39, 0.29) is 24.0 Å². The van der Waals surface area contributed by atoms with Crippen LogP contribution in [0.25, 0.3) is 0 Å². The van der Waals surface area contributed by atoms with Gasteiger partial charge in [0.1, 0.15) is 0 Å². The number of hydrogen-bond acceptors (Lipinski definition) is 3. The molecule has 0 spiro atoms. The van der Waals surface area contributed by atoms with Gasteiger partial charge in [-0.05, 0) is 49.9 Å². The minimum absolute atomic E-state index is 0.0111. The van der Waals surface area contributed by atoms with Gasteiger partial charge in [0.25, 0.3) is 5.91 Å². The minimum Gasteiger partial charge on any atom is -0.376 e. The van der Waals surface area contributed by atoms with Crippen molar-refractivity contribution in [2.45, 2.75) is 45.3 Å². The maximum atomic E-state index is 12.4. The SMILES string of the molecule is CC(=O)N1CCc2cc(C(=O)N[C@@H](C)[C@H]3CCCO3)ccc21. The Bertz CT molecular complexity index is 594. The predicted molar refractivity (Wildman–Crippen MR) is 84.1 cm³/mol. The molecule has 2 aliphatic heterocycles. The van der Waals surface area contributed by atoms with E-state index in [1.165, 1.54) is 0 Å². The molecule has 2 heterocycles. The van der Waals surface area contributed by atoms with Crippen molar-refractivity contribution in [3.05, 3.63) is 29.3 Å². The van der Waals surface area contributed by atoms with Gasteiger partial charge in [-0.3, -0.25) is 9.59 Å². The summed E-state index contributed by atoms with van der Waals surface area (Å²) >= 11 is 0. The van der Waals surface area contributed by atoms with Gasteiger partial charge in [0.05, 0.1) is 12.1 Å². The summed E-state index contributed by atoms with van der Waals surface area (Å²) in [5.41, 5.74) is 2.64. The number of amides is 2. The van der Waals surface area contributed by atoms with E-state index < -0.39 is 0 Å². The van der Waals surface area contributed by atoms with Crippen LogP contribution >= 0.6 is 0 Å². The van der Waals surface area contributed by atoms with Gasteiger partial charge in [0, 0.05) is 31.3 Å². The van der Waals surface area contributed by atoms with E-state index in [0.29, 0.717) is 12.1 Å². The Morgan fingerprint density at radius 2 is 2.23 bits per heavy atom. The first-order valence-corrected chi connectivity index (χ1v) is 7.90. The highest BCUT2D eigenvalue weighted by Gasteiger charge is 2.26. The van der Waals surface area contributed by atoms with E-state index in [1.807, 2.05) is 19.1 Å². The average molecular weight is 302 g/mol. The normalized spacial score (nSPS) is 21.5. The zero-order chi connectivity index (χ0) is 15.7. The van der Waals surface area contributed by atoms with Crippen molar-refractivity contribution < 1.29 is 14.3 Å². The summed E-state index contributed by atoms with van der Waals surface area (Å²) in [4.78, 5) is 25.7. The number of hydrogen-bond donors (Lipinski definition) is 1. The summed E-state index contributed by atoms with van der Waals surface area (Å²) in [6.45, 7) is 5.03. The summed E-state index contributed by atoms with van der Waals surface area (Å²) in [6.07, 6.45) is 2.98. The molecule has 3 rings (SSSR count). The van der Waals surface area contributed by atoms with Crippen LogP contribution < -0.4 is 10.2 Å². The van der Waals surface area contributed by atoms with E-state index >= 15 is 0 Å². The third kappa shape index (κ3) is 2.86. The highest BCUT2D eigenvalue weighted by molar-refractivity contribution is 5.98. The largest absolute Gasteiger partial charge is 0.376 e. The molecule has 2 amide bonds. The van der Waals surface area contributed by atoms with E-state index in [1.54, 1.807) is 17.9 Å². The van der Waals surface area contributed by atoms with Gasteiger partial charge >= 0.3 is 0 Å². The fraction of sp³-hybridized carbons (Fsp3) is 0.529. The third-order valence-electron chi connectivity index (χ3n) is 4.50. The second kappa shape index (κ2) is 6.08. The number of rotatable bonds is 3. The van der Waals surface area contributed by atoms with Crippen LogP contribution in [0.1, 0.15) is 42.6 Å². The van der Waals surface area contributed by atoms with Crippen molar-refractivity contribution in [2.24, 2.45) is 0 Å². The molecule has 1 fully saturated rings. The predicted octanol–water partition coefficient (Wildman–Crippen LogP) is 1.89. The summed E-state index contributed by atoms with van der Waals surface area (Å²) in [7, 11) is 0. The van der Waals surface area contributed by atoms with Crippen molar-refractivity contribution in [2.75, 3.05) is 18.1 Å². The molecule has 0 bridgehead atoms. The molecule has 0 radical (unpaired) electrons. The fourth-order valence-electron chi connectivity index (χ4n) is 3.25. The third-order valence-corrected chi connectivity index (χ3v) is 4.50. The highest BCUT2D eigenvalue weighted by atomic mass is 16.5. The van der Waals surface area contributed by atoms with Crippen LogP contribution in [-0.2, 0) is 16.0 Å². The number of ether oxygens (including phenoxy) is 1. The first-order valence-electron chi connectivity index (χ1n) is 7.90. The van der Waals surface area contributed by atoms with Crippen LogP contribution in [-0.4, -0.2) is 37.1 Å². The van der Waals surface area contributed by atoms with E-state index in [9.17, 15) is 9.59 Å². The summed E-state index contributed by atoms with van der Waals surface area (Å²) in [6, 6.07) is 5.57. The van der Waals surface area contributed by atoms with Crippen molar-refractivity contribution in [1.29, 1.82) is 0 Å². The highest BCUT2D eigenvalue weighted by Crippen LogP contribution is 2.29. The molecule has 1 aromatic carbocycles. The smallest absolute Gasteiger partial charge is 0.251 e. The molecule has 22 heavy (non-hydrogen) atoms. The molecule has 0 aliphatic carbocycles. The Morgan fingerprint density at radius 1 is 1.41 bits per heavy atom. The number of fused-ring (bicyclic) bond motifs is 1. The van der Waals surface area contributed by atoms with Crippen LogP contribution in [0.4, 0.5) is 5.69 Å². The van der Waals surface area contributed by atoms with Crippen LogP contribution in [0.2, 0.25) is 0 Å². The maximum absolute atomic E-state index is 12.4. The molecule has 2 atom stereocenters. The maximum Gasteiger partial charge on any atom is 0.251 e. The van der Waals surface area contributed by atoms with E-state index in [2.05, 4.69) is 5.32 Å². The summed E-state index contributed by atoms with van der Waals surface area (Å²) in [5, 5.41) is 3.02. The fourth-order valence-corrected chi connectivity index (χ4v) is 3.25. The lowest BCUT2D eigenvalue weighted by Crippen LogP contribution is -2.40. The number of benzene rings is 1. The molecule has 2 aliphatic rings. The van der Waals surface area contributed by atoms with Gasteiger partial charge in [-0.1, -0.05) is 0 Å². The zero-order valence-corrected chi connectivity index (χ0v) is 13.1. The monoisotopic (exact) mass is 302 g/mol. The van der Waals surface area contributed by atoms with Crippen molar-refractivity contribution in [3.63, 3.8) is 0 Å². The number of carbonyl (C=O) groups is 2. The van der Waals surface area contributed by atoms with Crippen LogP contribution in [0.15, 0.2) is 18.2 Å². The van der Waals surface area contributed by atoms with Crippen molar-refractivity contribution in [1.82, 2.24) is 5.32 Å². The quantitative estimate of drug-likeness (QED) is 0.927. The van der Waals surface area contributed by atoms with Crippen LogP contribution in [0, 0.1) is 0 Å². The van der Waals surface area contributed by atoms with Gasteiger partial charge in [-0.2, -0.15) is 0 Å². The second-order valence-electron chi connectivity index (χ2n) is 6.08. The number of anilines is 1. The molecule has 1 aromatic rings.